The number of benzene rings is 1. The topological polar surface area (TPSA) is 188 Å². The van der Waals surface area contributed by atoms with Gasteiger partial charge in [0.15, 0.2) is 34.6 Å². The second kappa shape index (κ2) is 10.6. The number of anilines is 5. The van der Waals surface area contributed by atoms with Crippen molar-refractivity contribution in [2.45, 2.75) is 19.3 Å². The van der Waals surface area contributed by atoms with E-state index in [1.165, 1.54) is 29.1 Å². The number of fused-ring (bicyclic) bond motifs is 1. The largest absolute Gasteiger partial charge is 0.494 e. The van der Waals surface area contributed by atoms with Gasteiger partial charge in [0, 0.05) is 19.0 Å². The number of carbonyl (C=O) groups excluding carboxylic acids is 1. The van der Waals surface area contributed by atoms with Crippen LogP contribution in [-0.4, -0.2) is 64.7 Å². The van der Waals surface area contributed by atoms with E-state index in [-0.39, 0.29) is 40.2 Å². The molecule has 15 nitrogen and oxygen atoms in total. The summed E-state index contributed by atoms with van der Waals surface area (Å²) in [5.41, 5.74) is 1.49. The van der Waals surface area contributed by atoms with Crippen LogP contribution in [0.5, 0.6) is 5.75 Å². The van der Waals surface area contributed by atoms with Gasteiger partial charge in [-0.2, -0.15) is 10.1 Å². The lowest BCUT2D eigenvalue weighted by atomic mass is 10.1. The first kappa shape index (κ1) is 26.4. The van der Waals surface area contributed by atoms with Gasteiger partial charge in [0.2, 0.25) is 11.7 Å². The summed E-state index contributed by atoms with van der Waals surface area (Å²) in [6.07, 6.45) is -0.466. The third kappa shape index (κ3) is 4.85. The second-order valence-corrected chi connectivity index (χ2v) is 9.10. The lowest BCUT2D eigenvalue weighted by Gasteiger charge is -2.16. The molecule has 0 bridgehead atoms. The molecule has 0 atom stereocenters. The van der Waals surface area contributed by atoms with Crippen molar-refractivity contribution >= 4 is 45.9 Å². The maximum absolute atomic E-state index is 13.6. The molecule has 6 rings (SSSR count). The number of halogens is 2. The maximum atomic E-state index is 13.6. The van der Waals surface area contributed by atoms with Gasteiger partial charge in [0.1, 0.15) is 17.4 Å². The second-order valence-electron chi connectivity index (χ2n) is 9.10. The van der Waals surface area contributed by atoms with Gasteiger partial charge in [-0.25, -0.2) is 28.7 Å². The molecular weight excluding hydrogens is 552 g/mol. The average molecular weight is 574 g/mol. The maximum Gasteiger partial charge on any atom is 0.295 e. The minimum absolute atomic E-state index is 0.0459. The summed E-state index contributed by atoms with van der Waals surface area (Å²) in [6.45, 7) is 0.450. The zero-order chi connectivity index (χ0) is 29.4. The number of H-pyrrole nitrogens is 1. The number of carbonyl (C=O) groups is 1. The van der Waals surface area contributed by atoms with Crippen LogP contribution in [0.2, 0.25) is 0 Å². The van der Waals surface area contributed by atoms with Crippen molar-refractivity contribution in [2.24, 2.45) is 7.05 Å². The van der Waals surface area contributed by atoms with E-state index in [9.17, 15) is 18.8 Å². The molecule has 0 radical (unpaired) electrons. The summed E-state index contributed by atoms with van der Waals surface area (Å²) in [4.78, 5) is 34.4. The fourth-order valence-corrected chi connectivity index (χ4v) is 4.56. The van der Waals surface area contributed by atoms with Crippen LogP contribution in [0.1, 0.15) is 30.8 Å². The number of aryl methyl sites for hydroxylation is 1. The van der Waals surface area contributed by atoms with Gasteiger partial charge in [-0.05, 0) is 23.8 Å². The number of ether oxygens (including phenoxy) is 1. The molecular formula is C25H21F2N13O2. The van der Waals surface area contributed by atoms with Crippen LogP contribution in [0.4, 0.5) is 37.6 Å². The third-order valence-electron chi connectivity index (χ3n) is 6.36. The molecule has 3 N–H and O–H groups in total. The first-order chi connectivity index (χ1) is 20.3. The normalized spacial score (nSPS) is 13.1. The number of alkyl halides is 2. The summed E-state index contributed by atoms with van der Waals surface area (Å²) in [7, 11) is 3.11. The zero-order valence-corrected chi connectivity index (χ0v) is 22.1. The highest BCUT2D eigenvalue weighted by Crippen LogP contribution is 2.38. The number of nitrogens with one attached hydrogen (secondary N) is 3. The predicted molar refractivity (Wildman–Crippen MR) is 145 cm³/mol. The van der Waals surface area contributed by atoms with E-state index in [0.717, 1.165) is 0 Å². The average Bonchev–Trinajstić information content (AvgIpc) is 3.72. The van der Waals surface area contributed by atoms with E-state index in [1.807, 2.05) is 6.07 Å². The van der Waals surface area contributed by atoms with Gasteiger partial charge in [-0.15, -0.1) is 10.2 Å². The molecule has 0 spiro atoms. The molecule has 0 aliphatic carbocycles. The summed E-state index contributed by atoms with van der Waals surface area (Å²) in [6, 6.07) is 8.73. The molecule has 0 unspecified atom stereocenters. The van der Waals surface area contributed by atoms with Gasteiger partial charge in [0.05, 0.1) is 37.3 Å². The molecule has 4 aromatic heterocycles. The minimum Gasteiger partial charge on any atom is -0.494 e. The van der Waals surface area contributed by atoms with Gasteiger partial charge in [0.25, 0.3) is 6.43 Å². The monoisotopic (exact) mass is 573 g/mol. The summed E-state index contributed by atoms with van der Waals surface area (Å²) >= 11 is 0. The van der Waals surface area contributed by atoms with E-state index in [2.05, 4.69) is 51.0 Å². The van der Waals surface area contributed by atoms with Crippen molar-refractivity contribution in [3.63, 3.8) is 0 Å². The Labute approximate surface area is 235 Å². The summed E-state index contributed by atoms with van der Waals surface area (Å²) < 4.78 is 32.8. The number of nitriles is 1. The quantitative estimate of drug-likeness (QED) is 0.246. The Hall–Kier alpha value is -5.79. The molecule has 212 valence electrons. The van der Waals surface area contributed by atoms with Crippen LogP contribution in [0.15, 0.2) is 30.5 Å². The highest BCUT2D eigenvalue weighted by Gasteiger charge is 2.26. The van der Waals surface area contributed by atoms with Crippen LogP contribution in [0.25, 0.3) is 22.6 Å². The number of tetrazole rings is 1. The number of amides is 1. The Morgan fingerprint density at radius 3 is 2.71 bits per heavy atom. The first-order valence-corrected chi connectivity index (χ1v) is 12.6. The molecule has 0 saturated carbocycles. The van der Waals surface area contributed by atoms with Crippen LogP contribution in [0, 0.1) is 11.3 Å². The summed E-state index contributed by atoms with van der Waals surface area (Å²) in [5.74, 6) is 0.527. The van der Waals surface area contributed by atoms with Crippen molar-refractivity contribution in [1.29, 1.82) is 5.26 Å². The third-order valence-corrected chi connectivity index (χ3v) is 6.36. The first-order valence-electron chi connectivity index (χ1n) is 12.6. The fourth-order valence-electron chi connectivity index (χ4n) is 4.56. The number of para-hydroxylation sites is 1. The van der Waals surface area contributed by atoms with Crippen LogP contribution < -0.4 is 20.3 Å². The molecule has 42 heavy (non-hydrogen) atoms. The van der Waals surface area contributed by atoms with Crippen LogP contribution in [-0.2, 0) is 11.8 Å². The number of methoxy groups -OCH3 is 1. The predicted octanol–water partition coefficient (Wildman–Crippen LogP) is 3.37. The molecule has 1 amide bonds. The van der Waals surface area contributed by atoms with Crippen LogP contribution in [0.3, 0.4) is 0 Å². The highest BCUT2D eigenvalue weighted by atomic mass is 19.3. The Bertz CT molecular complexity index is 1860. The van der Waals surface area contributed by atoms with Crippen molar-refractivity contribution in [2.75, 3.05) is 29.2 Å². The molecule has 1 saturated heterocycles. The van der Waals surface area contributed by atoms with E-state index in [0.29, 0.717) is 47.9 Å². The standard InChI is InChI=1S/C25H21F2N13O2/c1-39-37-22(36-38-39)12-5-3-6-13(20(12)42-2)30-14-9-16(33-23-19(14)34-24(35-23)21(26)27)32-17-11-29-25(15(10-28)31-17)40-8-4-7-18(40)41/h3,5-6,9,11,21H,4,7-8H2,1-2H3,(H3,30,31,32,33,34,35). The van der Waals surface area contributed by atoms with Gasteiger partial charge in [-0.3, -0.25) is 9.69 Å². The van der Waals surface area contributed by atoms with Crippen molar-refractivity contribution in [3.05, 3.63) is 42.0 Å². The Morgan fingerprint density at radius 1 is 1.17 bits per heavy atom. The number of pyridine rings is 1. The number of aromatic nitrogens is 9. The minimum atomic E-state index is -2.87. The highest BCUT2D eigenvalue weighted by molar-refractivity contribution is 5.95. The SMILES string of the molecule is COc1c(Nc2cc(Nc3cnc(N4CCCC4=O)c(C#N)n3)nc3[nH]c(C(F)F)nc23)cccc1-c1nnn(C)n1. The lowest BCUT2D eigenvalue weighted by Crippen LogP contribution is -2.26. The Balaban J connectivity index is 1.39. The van der Waals surface area contributed by atoms with E-state index < -0.39 is 12.2 Å². The lowest BCUT2D eigenvalue weighted by molar-refractivity contribution is -0.117. The van der Waals surface area contributed by atoms with Gasteiger partial charge < -0.3 is 20.4 Å². The van der Waals surface area contributed by atoms with E-state index in [4.69, 9.17) is 4.74 Å². The smallest absolute Gasteiger partial charge is 0.295 e. The molecule has 5 aromatic rings. The van der Waals surface area contributed by atoms with E-state index in [1.54, 1.807) is 25.2 Å². The Kier molecular flexibility index (Phi) is 6.70. The number of aromatic amines is 1. The number of hydrogen-bond donors (Lipinski definition) is 3. The number of rotatable bonds is 8. The molecule has 1 aromatic carbocycles. The fraction of sp³-hybridized carbons (Fsp3) is 0.240. The van der Waals surface area contributed by atoms with Crippen LogP contribution >= 0.6 is 0 Å². The zero-order valence-electron chi connectivity index (χ0n) is 22.1. The van der Waals surface area contributed by atoms with Crippen molar-refractivity contribution < 1.29 is 18.3 Å². The molecule has 1 aliphatic rings. The van der Waals surface area contributed by atoms with Gasteiger partial charge in [-0.1, -0.05) is 6.07 Å². The number of imidazole rings is 1. The Morgan fingerprint density at radius 2 is 2.02 bits per heavy atom. The molecule has 17 heteroatoms. The summed E-state index contributed by atoms with van der Waals surface area (Å²) in [5, 5.41) is 27.9. The van der Waals surface area contributed by atoms with Gasteiger partial charge >= 0.3 is 0 Å². The molecule has 1 fully saturated rings. The van der Waals surface area contributed by atoms with E-state index >= 15 is 0 Å². The van der Waals surface area contributed by atoms with Crippen molar-refractivity contribution in [3.8, 4) is 23.2 Å². The number of hydrogen-bond acceptors (Lipinski definition) is 12. The molecule has 5 heterocycles. The molecule has 1 aliphatic heterocycles. The number of nitrogens with zero attached hydrogens (tertiary/aromatic N) is 10. The van der Waals surface area contributed by atoms with Crippen molar-refractivity contribution in [1.82, 2.24) is 45.1 Å².